The molecule has 1 N–H and O–H groups in total. The monoisotopic (exact) mass is 411 g/mol. The van der Waals surface area contributed by atoms with Crippen LogP contribution in [0, 0.1) is 0 Å². The van der Waals surface area contributed by atoms with Crippen molar-refractivity contribution in [1.82, 2.24) is 0 Å². The van der Waals surface area contributed by atoms with E-state index in [2.05, 4.69) is 37.2 Å². The van der Waals surface area contributed by atoms with Crippen molar-refractivity contribution >= 4 is 66.1 Å². The van der Waals surface area contributed by atoms with Crippen LogP contribution >= 0.6 is 43.2 Å². The number of halogens is 2. The van der Waals surface area contributed by atoms with Crippen LogP contribution in [0.15, 0.2) is 44.7 Å². The molecule has 1 aliphatic rings. The van der Waals surface area contributed by atoms with E-state index >= 15 is 0 Å². The van der Waals surface area contributed by atoms with E-state index in [4.69, 9.17) is 0 Å². The van der Waals surface area contributed by atoms with Crippen LogP contribution in [-0.4, -0.2) is 11.7 Å². The lowest BCUT2D eigenvalue weighted by atomic mass is 10.1. The maximum absolute atomic E-state index is 12.2. The fourth-order valence-electron chi connectivity index (χ4n) is 1.95. The highest BCUT2D eigenvalue weighted by molar-refractivity contribution is 9.11. The average molecular weight is 413 g/mol. The highest BCUT2D eigenvalue weighted by Gasteiger charge is 2.25. The summed E-state index contributed by atoms with van der Waals surface area (Å²) in [5.74, 6) is -0.416. The van der Waals surface area contributed by atoms with E-state index in [-0.39, 0.29) is 11.7 Å². The third-order valence-corrected chi connectivity index (χ3v) is 4.99. The molecule has 0 aliphatic carbocycles. The van der Waals surface area contributed by atoms with Gasteiger partial charge in [0.1, 0.15) is 0 Å². The smallest absolute Gasteiger partial charge is 0.256 e. The highest BCUT2D eigenvalue weighted by atomic mass is 79.9. The lowest BCUT2D eigenvalue weighted by Gasteiger charge is -1.98. The molecule has 100 valence electrons. The Balaban J connectivity index is 2.02. The summed E-state index contributed by atoms with van der Waals surface area (Å²) in [5, 5.41) is 2.75. The van der Waals surface area contributed by atoms with E-state index in [0.717, 1.165) is 19.5 Å². The first-order valence-electron chi connectivity index (χ1n) is 5.67. The molecule has 2 heterocycles. The molecule has 0 bridgehead atoms. The number of benzene rings is 1. The number of carbonyl (C=O) groups excluding carboxylic acids is 2. The molecule has 0 fully saturated rings. The third-order valence-electron chi connectivity index (χ3n) is 2.86. The number of amides is 1. The molecular formula is C14H7Br2NO2S. The van der Waals surface area contributed by atoms with Crippen LogP contribution in [0.1, 0.15) is 15.2 Å². The lowest BCUT2D eigenvalue weighted by Crippen LogP contribution is -2.05. The zero-order valence-electron chi connectivity index (χ0n) is 9.94. The first-order valence-corrected chi connectivity index (χ1v) is 8.07. The van der Waals surface area contributed by atoms with Crippen LogP contribution < -0.4 is 5.32 Å². The molecule has 1 amide bonds. The number of ketones is 1. The molecule has 1 aromatic carbocycles. The molecule has 2 aromatic rings. The van der Waals surface area contributed by atoms with Crippen LogP contribution in [0.4, 0.5) is 5.69 Å². The van der Waals surface area contributed by atoms with E-state index in [0.29, 0.717) is 10.5 Å². The number of nitrogens with one attached hydrogen (secondary N) is 1. The van der Waals surface area contributed by atoms with Gasteiger partial charge in [-0.05, 0) is 46.3 Å². The zero-order valence-corrected chi connectivity index (χ0v) is 13.9. The summed E-state index contributed by atoms with van der Waals surface area (Å²) in [6, 6.07) is 9.04. The molecular weight excluding hydrogens is 406 g/mol. The van der Waals surface area contributed by atoms with Gasteiger partial charge in [-0.15, -0.1) is 11.3 Å². The average Bonchev–Trinajstić information content (AvgIpc) is 2.95. The minimum absolute atomic E-state index is 0.168. The van der Waals surface area contributed by atoms with Gasteiger partial charge in [0.25, 0.3) is 5.91 Å². The Morgan fingerprint density at radius 1 is 1.20 bits per heavy atom. The second-order valence-electron chi connectivity index (χ2n) is 4.17. The van der Waals surface area contributed by atoms with Crippen molar-refractivity contribution in [2.75, 3.05) is 5.32 Å². The first kappa shape index (κ1) is 13.7. The summed E-state index contributed by atoms with van der Waals surface area (Å²) < 4.78 is 1.75. The van der Waals surface area contributed by atoms with Crippen LogP contribution in [-0.2, 0) is 4.79 Å². The highest BCUT2D eigenvalue weighted by Crippen LogP contribution is 2.34. The Morgan fingerprint density at radius 3 is 2.70 bits per heavy atom. The van der Waals surface area contributed by atoms with Crippen LogP contribution in [0.3, 0.4) is 0 Å². The van der Waals surface area contributed by atoms with Gasteiger partial charge >= 0.3 is 0 Å². The predicted molar refractivity (Wildman–Crippen MR) is 87.1 cm³/mol. The first-order chi connectivity index (χ1) is 9.54. The van der Waals surface area contributed by atoms with Gasteiger partial charge in [0, 0.05) is 21.8 Å². The van der Waals surface area contributed by atoms with Crippen molar-refractivity contribution in [3.63, 3.8) is 0 Å². The fraction of sp³-hybridized carbons (Fsp3) is 0. The molecule has 1 aliphatic heterocycles. The van der Waals surface area contributed by atoms with E-state index in [1.165, 1.54) is 17.4 Å². The Hall–Kier alpha value is -1.24. The minimum Gasteiger partial charge on any atom is -0.321 e. The number of hydrogen-bond acceptors (Lipinski definition) is 3. The van der Waals surface area contributed by atoms with Crippen LogP contribution in [0.2, 0.25) is 0 Å². The summed E-state index contributed by atoms with van der Waals surface area (Å²) in [6.07, 6.45) is 1.39. The van der Waals surface area contributed by atoms with Crippen molar-refractivity contribution in [3.05, 3.63) is 55.1 Å². The molecule has 0 unspecified atom stereocenters. The minimum atomic E-state index is -0.248. The molecule has 3 rings (SSSR count). The van der Waals surface area contributed by atoms with Crippen LogP contribution in [0.5, 0.6) is 0 Å². The summed E-state index contributed by atoms with van der Waals surface area (Å²) in [7, 11) is 0. The molecule has 3 nitrogen and oxygen atoms in total. The number of carbonyl (C=O) groups is 2. The van der Waals surface area contributed by atoms with Gasteiger partial charge in [0.05, 0.1) is 14.2 Å². The largest absolute Gasteiger partial charge is 0.321 e. The molecule has 0 spiro atoms. The van der Waals surface area contributed by atoms with E-state index in [1.54, 1.807) is 6.07 Å². The van der Waals surface area contributed by atoms with Crippen molar-refractivity contribution in [2.24, 2.45) is 0 Å². The quantitative estimate of drug-likeness (QED) is 0.583. The maximum atomic E-state index is 12.2. The summed E-state index contributed by atoms with van der Waals surface area (Å²) in [6.45, 7) is 0. The predicted octanol–water partition coefficient (Wildman–Crippen LogP) is 4.49. The number of thiophene rings is 1. The second-order valence-corrected chi connectivity index (χ2v) is 7.55. The number of fused-ring (bicyclic) bond motifs is 1. The normalized spacial score (nSPS) is 15.3. The van der Waals surface area contributed by atoms with Crippen LogP contribution in [0.25, 0.3) is 5.57 Å². The van der Waals surface area contributed by atoms with Crippen molar-refractivity contribution in [2.45, 2.75) is 0 Å². The van der Waals surface area contributed by atoms with E-state index in [1.807, 2.05) is 24.3 Å². The van der Waals surface area contributed by atoms with Crippen molar-refractivity contribution in [3.8, 4) is 0 Å². The Kier molecular flexibility index (Phi) is 3.62. The molecule has 0 saturated heterocycles. The van der Waals surface area contributed by atoms with Gasteiger partial charge in [0.15, 0.2) is 5.78 Å². The summed E-state index contributed by atoms with van der Waals surface area (Å²) >= 11 is 8.04. The number of hydrogen-bond donors (Lipinski definition) is 1. The summed E-state index contributed by atoms with van der Waals surface area (Å²) in [5.41, 5.74) is 1.87. The maximum Gasteiger partial charge on any atom is 0.256 e. The molecule has 0 saturated carbocycles. The molecule has 6 heteroatoms. The number of anilines is 1. The second kappa shape index (κ2) is 5.27. The summed E-state index contributed by atoms with van der Waals surface area (Å²) in [4.78, 5) is 24.7. The van der Waals surface area contributed by atoms with Gasteiger partial charge in [-0.3, -0.25) is 9.59 Å². The number of allylic oxidation sites excluding steroid dienone is 1. The standard InChI is InChI=1S/C14H7Br2NO2S/c15-7-1-2-10-8(5-7)9(14(19)17-10)6-11(18)12-3-4-13(16)20-12/h1-6H,(H,17,19). The van der Waals surface area contributed by atoms with Gasteiger partial charge in [0.2, 0.25) is 0 Å². The molecule has 20 heavy (non-hydrogen) atoms. The molecule has 1 aromatic heterocycles. The van der Waals surface area contributed by atoms with Crippen molar-refractivity contribution < 1.29 is 9.59 Å². The Morgan fingerprint density at radius 2 is 2.00 bits per heavy atom. The molecule has 0 radical (unpaired) electrons. The van der Waals surface area contributed by atoms with E-state index in [9.17, 15) is 9.59 Å². The van der Waals surface area contributed by atoms with Gasteiger partial charge in [-0.1, -0.05) is 15.9 Å². The van der Waals surface area contributed by atoms with E-state index < -0.39 is 0 Å². The Labute approximate surface area is 136 Å². The van der Waals surface area contributed by atoms with Gasteiger partial charge in [-0.2, -0.15) is 0 Å². The Bertz CT molecular complexity index is 764. The SMILES string of the molecule is O=C1Nc2ccc(Br)cc2C1=CC(=O)c1ccc(Br)s1. The lowest BCUT2D eigenvalue weighted by molar-refractivity contribution is -0.110. The zero-order chi connectivity index (χ0) is 14.3. The van der Waals surface area contributed by atoms with Gasteiger partial charge in [-0.25, -0.2) is 0 Å². The van der Waals surface area contributed by atoms with Gasteiger partial charge < -0.3 is 5.32 Å². The topological polar surface area (TPSA) is 46.2 Å². The number of rotatable bonds is 2. The van der Waals surface area contributed by atoms with Crippen molar-refractivity contribution in [1.29, 1.82) is 0 Å². The fourth-order valence-corrected chi connectivity index (χ4v) is 3.61. The molecule has 0 atom stereocenters. The third kappa shape index (κ3) is 2.51.